The first-order chi connectivity index (χ1) is 11.6. The molecular formula is C18H21N3O3. The van der Waals surface area contributed by atoms with E-state index in [1.807, 2.05) is 30.3 Å². The van der Waals surface area contributed by atoms with Crippen LogP contribution in [0.2, 0.25) is 0 Å². The SMILES string of the molecule is O=C(O)CCC(Cc1ccccc1)NC(=O)c1cc(C2CC2)[nH]n1. The van der Waals surface area contributed by atoms with Gasteiger partial charge in [0.1, 0.15) is 5.69 Å². The third kappa shape index (κ3) is 4.44. The molecule has 1 fully saturated rings. The standard InChI is InChI=1S/C18H21N3O3/c22-17(23)9-8-14(10-12-4-2-1-3-5-12)19-18(24)16-11-15(20-21-16)13-6-7-13/h1-5,11,13-14H,6-10H2,(H,19,24)(H,20,21)(H,22,23). The number of carbonyl (C=O) groups excluding carboxylic acids is 1. The molecule has 0 bridgehead atoms. The van der Waals surface area contributed by atoms with Crippen LogP contribution in [0.25, 0.3) is 0 Å². The van der Waals surface area contributed by atoms with Crippen LogP contribution in [-0.2, 0) is 11.2 Å². The molecule has 0 aliphatic heterocycles. The van der Waals surface area contributed by atoms with Crippen LogP contribution in [0.15, 0.2) is 36.4 Å². The maximum Gasteiger partial charge on any atom is 0.303 e. The average Bonchev–Trinajstić information content (AvgIpc) is 3.30. The molecule has 1 aromatic carbocycles. The molecule has 0 radical (unpaired) electrons. The van der Waals surface area contributed by atoms with E-state index in [4.69, 9.17) is 5.11 Å². The van der Waals surface area contributed by atoms with E-state index in [1.54, 1.807) is 6.07 Å². The Labute approximate surface area is 140 Å². The fourth-order valence-electron chi connectivity index (χ4n) is 2.74. The minimum atomic E-state index is -0.863. The molecular weight excluding hydrogens is 306 g/mol. The number of benzene rings is 1. The van der Waals surface area contributed by atoms with Crippen molar-refractivity contribution < 1.29 is 14.7 Å². The summed E-state index contributed by atoms with van der Waals surface area (Å²) in [6.07, 6.45) is 3.28. The normalized spacial score (nSPS) is 15.0. The molecule has 1 unspecified atom stereocenters. The summed E-state index contributed by atoms with van der Waals surface area (Å²) in [6.45, 7) is 0. The fraction of sp³-hybridized carbons (Fsp3) is 0.389. The lowest BCUT2D eigenvalue weighted by atomic mass is 10.0. The Morgan fingerprint density at radius 2 is 2.04 bits per heavy atom. The van der Waals surface area contributed by atoms with Gasteiger partial charge in [0.25, 0.3) is 5.91 Å². The van der Waals surface area contributed by atoms with Crippen LogP contribution in [0, 0.1) is 0 Å². The third-order valence-electron chi connectivity index (χ3n) is 4.21. The predicted molar refractivity (Wildman–Crippen MR) is 88.8 cm³/mol. The number of carboxylic acids is 1. The number of rotatable bonds is 8. The number of hydrogen-bond acceptors (Lipinski definition) is 3. The Balaban J connectivity index is 1.64. The molecule has 1 atom stereocenters. The van der Waals surface area contributed by atoms with Gasteiger partial charge >= 0.3 is 5.97 Å². The molecule has 126 valence electrons. The maximum absolute atomic E-state index is 12.4. The first kappa shape index (κ1) is 16.2. The van der Waals surface area contributed by atoms with Gasteiger partial charge in [0.2, 0.25) is 0 Å². The molecule has 1 aromatic heterocycles. The molecule has 1 aliphatic rings. The van der Waals surface area contributed by atoms with Gasteiger partial charge in [-0.1, -0.05) is 30.3 Å². The summed E-state index contributed by atoms with van der Waals surface area (Å²) in [6, 6.07) is 11.3. The van der Waals surface area contributed by atoms with Crippen LogP contribution in [0.4, 0.5) is 0 Å². The second-order valence-electron chi connectivity index (χ2n) is 6.28. The summed E-state index contributed by atoms with van der Waals surface area (Å²) in [5, 5.41) is 18.8. The molecule has 1 aliphatic carbocycles. The largest absolute Gasteiger partial charge is 0.481 e. The highest BCUT2D eigenvalue weighted by molar-refractivity contribution is 5.92. The topological polar surface area (TPSA) is 95.1 Å². The number of aliphatic carboxylic acids is 1. The first-order valence-corrected chi connectivity index (χ1v) is 8.23. The minimum absolute atomic E-state index is 0.0195. The van der Waals surface area contributed by atoms with Gasteiger partial charge < -0.3 is 10.4 Å². The van der Waals surface area contributed by atoms with Crippen molar-refractivity contribution in [2.24, 2.45) is 0 Å². The summed E-state index contributed by atoms with van der Waals surface area (Å²) in [7, 11) is 0. The first-order valence-electron chi connectivity index (χ1n) is 8.23. The summed E-state index contributed by atoms with van der Waals surface area (Å²) in [4.78, 5) is 23.3. The maximum atomic E-state index is 12.4. The van der Waals surface area contributed by atoms with Gasteiger partial charge in [-0.3, -0.25) is 14.7 Å². The van der Waals surface area contributed by atoms with Crippen LogP contribution in [0.5, 0.6) is 0 Å². The van der Waals surface area contributed by atoms with E-state index in [0.717, 1.165) is 24.1 Å². The van der Waals surface area contributed by atoms with Gasteiger partial charge in [-0.2, -0.15) is 5.10 Å². The fourth-order valence-corrected chi connectivity index (χ4v) is 2.74. The summed E-state index contributed by atoms with van der Waals surface area (Å²) in [5.41, 5.74) is 2.43. The molecule has 1 amide bonds. The molecule has 3 rings (SSSR count). The minimum Gasteiger partial charge on any atom is -0.481 e. The monoisotopic (exact) mass is 327 g/mol. The smallest absolute Gasteiger partial charge is 0.303 e. The third-order valence-corrected chi connectivity index (χ3v) is 4.21. The van der Waals surface area contributed by atoms with E-state index in [-0.39, 0.29) is 18.4 Å². The zero-order valence-electron chi connectivity index (χ0n) is 13.4. The number of amides is 1. The van der Waals surface area contributed by atoms with Crippen molar-refractivity contribution >= 4 is 11.9 Å². The van der Waals surface area contributed by atoms with Crippen LogP contribution in [-0.4, -0.2) is 33.2 Å². The van der Waals surface area contributed by atoms with Gasteiger partial charge in [0, 0.05) is 24.1 Å². The number of H-pyrrole nitrogens is 1. The lowest BCUT2D eigenvalue weighted by Crippen LogP contribution is -2.37. The van der Waals surface area contributed by atoms with Gasteiger partial charge in [0.05, 0.1) is 0 Å². The van der Waals surface area contributed by atoms with E-state index >= 15 is 0 Å². The molecule has 1 saturated carbocycles. The lowest BCUT2D eigenvalue weighted by molar-refractivity contribution is -0.137. The number of nitrogens with zero attached hydrogens (tertiary/aromatic N) is 1. The lowest BCUT2D eigenvalue weighted by Gasteiger charge is -2.17. The zero-order valence-corrected chi connectivity index (χ0v) is 13.4. The predicted octanol–water partition coefficient (Wildman–Crippen LogP) is 2.49. The number of nitrogens with one attached hydrogen (secondary N) is 2. The Morgan fingerprint density at radius 1 is 1.29 bits per heavy atom. The second kappa shape index (κ2) is 7.29. The van der Waals surface area contributed by atoms with E-state index in [0.29, 0.717) is 24.5 Å². The van der Waals surface area contributed by atoms with Crippen molar-refractivity contribution in [3.63, 3.8) is 0 Å². The quantitative estimate of drug-likeness (QED) is 0.694. The average molecular weight is 327 g/mol. The Hall–Kier alpha value is -2.63. The molecule has 24 heavy (non-hydrogen) atoms. The summed E-state index contributed by atoms with van der Waals surface area (Å²) >= 11 is 0. The molecule has 1 heterocycles. The van der Waals surface area contributed by atoms with E-state index in [1.165, 1.54) is 0 Å². The number of aromatic nitrogens is 2. The highest BCUT2D eigenvalue weighted by Crippen LogP contribution is 2.38. The van der Waals surface area contributed by atoms with Crippen molar-refractivity contribution in [1.29, 1.82) is 0 Å². The highest BCUT2D eigenvalue weighted by Gasteiger charge is 2.27. The van der Waals surface area contributed by atoms with Crippen molar-refractivity contribution in [3.8, 4) is 0 Å². The Morgan fingerprint density at radius 3 is 2.71 bits per heavy atom. The van der Waals surface area contributed by atoms with E-state index in [9.17, 15) is 9.59 Å². The molecule has 0 saturated heterocycles. The van der Waals surface area contributed by atoms with Crippen LogP contribution in [0.1, 0.15) is 53.3 Å². The van der Waals surface area contributed by atoms with Crippen LogP contribution in [0.3, 0.4) is 0 Å². The van der Waals surface area contributed by atoms with Crippen molar-refractivity contribution in [2.45, 2.75) is 44.1 Å². The van der Waals surface area contributed by atoms with Gasteiger partial charge in [0.15, 0.2) is 0 Å². The van der Waals surface area contributed by atoms with Crippen molar-refractivity contribution in [2.75, 3.05) is 0 Å². The van der Waals surface area contributed by atoms with E-state index < -0.39 is 5.97 Å². The molecule has 6 nitrogen and oxygen atoms in total. The Bertz CT molecular complexity index is 707. The van der Waals surface area contributed by atoms with Gasteiger partial charge in [-0.05, 0) is 37.3 Å². The second-order valence-corrected chi connectivity index (χ2v) is 6.28. The summed E-state index contributed by atoms with van der Waals surface area (Å²) < 4.78 is 0. The van der Waals surface area contributed by atoms with Gasteiger partial charge in [-0.15, -0.1) is 0 Å². The van der Waals surface area contributed by atoms with E-state index in [2.05, 4.69) is 15.5 Å². The van der Waals surface area contributed by atoms with Gasteiger partial charge in [-0.25, -0.2) is 0 Å². The number of aromatic amines is 1. The van der Waals surface area contributed by atoms with Crippen molar-refractivity contribution in [3.05, 3.63) is 53.3 Å². The van der Waals surface area contributed by atoms with Crippen LogP contribution >= 0.6 is 0 Å². The highest BCUT2D eigenvalue weighted by atomic mass is 16.4. The molecule has 0 spiro atoms. The summed E-state index contributed by atoms with van der Waals surface area (Å²) in [5.74, 6) is -0.617. The number of hydrogen-bond donors (Lipinski definition) is 3. The van der Waals surface area contributed by atoms with Crippen LogP contribution < -0.4 is 5.32 Å². The van der Waals surface area contributed by atoms with Crippen molar-refractivity contribution in [1.82, 2.24) is 15.5 Å². The Kier molecular flexibility index (Phi) is 4.93. The molecule has 6 heteroatoms. The molecule has 3 N–H and O–H groups in total. The molecule has 2 aromatic rings. The number of carboxylic acid groups (broad SMARTS) is 1. The number of carbonyl (C=O) groups is 2. The zero-order chi connectivity index (χ0) is 16.9.